The quantitative estimate of drug-likeness (QED) is 0.794. The van der Waals surface area contributed by atoms with E-state index < -0.39 is 0 Å². The molecule has 0 atom stereocenters. The number of aryl methyl sites for hydroxylation is 1. The van der Waals surface area contributed by atoms with Crippen LogP contribution in [0.2, 0.25) is 5.02 Å². The lowest BCUT2D eigenvalue weighted by molar-refractivity contribution is 0.474. The number of hydrogen-bond donors (Lipinski definition) is 1. The summed E-state index contributed by atoms with van der Waals surface area (Å²) in [6.07, 6.45) is 1.64. The molecule has 0 bridgehead atoms. The third-order valence-corrected chi connectivity index (χ3v) is 2.67. The standard InChI is InChI=1S/C14H12ClNO/c1-10-8-12(15)6-7-13(10)16-9-11-4-2-3-5-14(11)17/h2-9,17H,1H3/b16-9+. The Balaban J connectivity index is 2.29. The Morgan fingerprint density at radius 1 is 1.18 bits per heavy atom. The zero-order chi connectivity index (χ0) is 12.3. The molecule has 0 aliphatic heterocycles. The fourth-order valence-electron chi connectivity index (χ4n) is 1.50. The fourth-order valence-corrected chi connectivity index (χ4v) is 1.73. The second-order valence-electron chi connectivity index (χ2n) is 3.75. The molecule has 0 aliphatic rings. The first kappa shape index (κ1) is 11.7. The lowest BCUT2D eigenvalue weighted by Gasteiger charge is -2.01. The average Bonchev–Trinajstić information content (AvgIpc) is 2.30. The van der Waals surface area contributed by atoms with Crippen molar-refractivity contribution in [1.29, 1.82) is 0 Å². The number of rotatable bonds is 2. The maximum atomic E-state index is 9.59. The Bertz CT molecular complexity index is 564. The van der Waals surface area contributed by atoms with E-state index in [0.717, 1.165) is 11.3 Å². The molecule has 2 nitrogen and oxygen atoms in total. The van der Waals surface area contributed by atoms with Crippen molar-refractivity contribution >= 4 is 23.5 Å². The van der Waals surface area contributed by atoms with E-state index in [0.29, 0.717) is 10.6 Å². The van der Waals surface area contributed by atoms with Crippen molar-refractivity contribution in [3.63, 3.8) is 0 Å². The summed E-state index contributed by atoms with van der Waals surface area (Å²) in [5, 5.41) is 10.3. The van der Waals surface area contributed by atoms with Gasteiger partial charge in [-0.25, -0.2) is 0 Å². The van der Waals surface area contributed by atoms with Crippen molar-refractivity contribution in [3.8, 4) is 5.75 Å². The van der Waals surface area contributed by atoms with Gasteiger partial charge in [-0.1, -0.05) is 23.7 Å². The highest BCUT2D eigenvalue weighted by molar-refractivity contribution is 6.30. The minimum absolute atomic E-state index is 0.225. The van der Waals surface area contributed by atoms with Gasteiger partial charge in [0.05, 0.1) is 5.69 Å². The summed E-state index contributed by atoms with van der Waals surface area (Å²) in [4.78, 5) is 4.33. The van der Waals surface area contributed by atoms with Crippen molar-refractivity contribution in [3.05, 3.63) is 58.6 Å². The maximum absolute atomic E-state index is 9.59. The topological polar surface area (TPSA) is 32.6 Å². The molecule has 86 valence electrons. The van der Waals surface area contributed by atoms with E-state index in [1.54, 1.807) is 24.4 Å². The van der Waals surface area contributed by atoms with E-state index in [2.05, 4.69) is 4.99 Å². The van der Waals surface area contributed by atoms with Gasteiger partial charge < -0.3 is 5.11 Å². The van der Waals surface area contributed by atoms with Gasteiger partial charge in [0.25, 0.3) is 0 Å². The minimum Gasteiger partial charge on any atom is -0.507 e. The number of nitrogens with zero attached hydrogens (tertiary/aromatic N) is 1. The van der Waals surface area contributed by atoms with Crippen LogP contribution in [-0.4, -0.2) is 11.3 Å². The first-order chi connectivity index (χ1) is 8.16. The van der Waals surface area contributed by atoms with Crippen LogP contribution >= 0.6 is 11.6 Å². The van der Waals surface area contributed by atoms with Crippen LogP contribution in [0, 0.1) is 6.92 Å². The molecule has 0 saturated carbocycles. The van der Waals surface area contributed by atoms with Crippen LogP contribution in [0.4, 0.5) is 5.69 Å². The Kier molecular flexibility index (Phi) is 3.45. The number of phenolic OH excluding ortho intramolecular Hbond substituents is 1. The Morgan fingerprint density at radius 2 is 1.94 bits per heavy atom. The van der Waals surface area contributed by atoms with E-state index in [4.69, 9.17) is 11.6 Å². The van der Waals surface area contributed by atoms with Crippen molar-refractivity contribution < 1.29 is 5.11 Å². The number of hydrogen-bond acceptors (Lipinski definition) is 2. The number of aliphatic imine (C=N–C) groups is 1. The Labute approximate surface area is 105 Å². The molecule has 2 rings (SSSR count). The number of benzene rings is 2. The molecule has 0 aromatic heterocycles. The molecule has 3 heteroatoms. The highest BCUT2D eigenvalue weighted by Crippen LogP contribution is 2.23. The van der Waals surface area contributed by atoms with Gasteiger partial charge >= 0.3 is 0 Å². The summed E-state index contributed by atoms with van der Waals surface area (Å²) in [7, 11) is 0. The van der Waals surface area contributed by atoms with Crippen LogP contribution in [0.3, 0.4) is 0 Å². The number of aromatic hydroxyl groups is 1. The first-order valence-corrected chi connectivity index (χ1v) is 5.63. The Hall–Kier alpha value is -1.80. The van der Waals surface area contributed by atoms with Crippen molar-refractivity contribution in [2.45, 2.75) is 6.92 Å². The molecule has 2 aromatic carbocycles. The van der Waals surface area contributed by atoms with Crippen LogP contribution in [0.25, 0.3) is 0 Å². The molecule has 0 unspecified atom stereocenters. The maximum Gasteiger partial charge on any atom is 0.124 e. The van der Waals surface area contributed by atoms with Gasteiger partial charge in [0.1, 0.15) is 5.75 Å². The predicted molar refractivity (Wildman–Crippen MR) is 71.5 cm³/mol. The second kappa shape index (κ2) is 5.02. The molecular formula is C14H12ClNO. The van der Waals surface area contributed by atoms with Gasteiger partial charge in [-0.2, -0.15) is 0 Å². The number of halogens is 1. The number of para-hydroxylation sites is 1. The fraction of sp³-hybridized carbons (Fsp3) is 0.0714. The normalized spacial score (nSPS) is 10.9. The van der Waals surface area contributed by atoms with Crippen molar-refractivity contribution in [1.82, 2.24) is 0 Å². The summed E-state index contributed by atoms with van der Waals surface area (Å²) < 4.78 is 0. The monoisotopic (exact) mass is 245 g/mol. The molecule has 0 spiro atoms. The molecule has 0 radical (unpaired) electrons. The van der Waals surface area contributed by atoms with Gasteiger partial charge in [0.2, 0.25) is 0 Å². The third kappa shape index (κ3) is 2.86. The van der Waals surface area contributed by atoms with Crippen LogP contribution in [0.5, 0.6) is 5.75 Å². The first-order valence-electron chi connectivity index (χ1n) is 5.25. The van der Waals surface area contributed by atoms with Crippen LogP contribution in [0.1, 0.15) is 11.1 Å². The summed E-state index contributed by atoms with van der Waals surface area (Å²) in [6, 6.07) is 12.6. The summed E-state index contributed by atoms with van der Waals surface area (Å²) >= 11 is 5.87. The molecule has 1 N–H and O–H groups in total. The van der Waals surface area contributed by atoms with Gasteiger partial charge in [-0.05, 0) is 42.8 Å². The van der Waals surface area contributed by atoms with Gasteiger partial charge in [-0.15, -0.1) is 0 Å². The van der Waals surface area contributed by atoms with Crippen LogP contribution in [0.15, 0.2) is 47.5 Å². The Morgan fingerprint density at radius 3 is 2.65 bits per heavy atom. The van der Waals surface area contributed by atoms with Crippen molar-refractivity contribution in [2.75, 3.05) is 0 Å². The zero-order valence-corrected chi connectivity index (χ0v) is 10.1. The summed E-state index contributed by atoms with van der Waals surface area (Å²) in [6.45, 7) is 1.95. The lowest BCUT2D eigenvalue weighted by atomic mass is 10.2. The largest absolute Gasteiger partial charge is 0.507 e. The van der Waals surface area contributed by atoms with Gasteiger partial charge in [-0.3, -0.25) is 4.99 Å². The summed E-state index contributed by atoms with van der Waals surface area (Å²) in [5.41, 5.74) is 2.55. The number of phenols is 1. The molecule has 0 heterocycles. The molecule has 2 aromatic rings. The molecular weight excluding hydrogens is 234 g/mol. The van der Waals surface area contributed by atoms with E-state index in [1.807, 2.05) is 31.2 Å². The average molecular weight is 246 g/mol. The van der Waals surface area contributed by atoms with Crippen molar-refractivity contribution in [2.24, 2.45) is 4.99 Å². The van der Waals surface area contributed by atoms with Crippen LogP contribution < -0.4 is 0 Å². The molecule has 0 fully saturated rings. The lowest BCUT2D eigenvalue weighted by Crippen LogP contribution is -1.82. The second-order valence-corrected chi connectivity index (χ2v) is 4.18. The molecule has 17 heavy (non-hydrogen) atoms. The summed E-state index contributed by atoms with van der Waals surface area (Å²) in [5.74, 6) is 0.225. The van der Waals surface area contributed by atoms with Crippen LogP contribution in [-0.2, 0) is 0 Å². The molecule has 0 saturated heterocycles. The highest BCUT2D eigenvalue weighted by atomic mass is 35.5. The van der Waals surface area contributed by atoms with E-state index in [1.165, 1.54) is 0 Å². The van der Waals surface area contributed by atoms with Gasteiger partial charge in [0.15, 0.2) is 0 Å². The van der Waals surface area contributed by atoms with Gasteiger partial charge in [0, 0.05) is 16.8 Å². The van der Waals surface area contributed by atoms with E-state index in [9.17, 15) is 5.11 Å². The molecule has 0 amide bonds. The van der Waals surface area contributed by atoms with E-state index in [-0.39, 0.29) is 5.75 Å². The SMILES string of the molecule is Cc1cc(Cl)ccc1/N=C/c1ccccc1O. The molecule has 0 aliphatic carbocycles. The zero-order valence-electron chi connectivity index (χ0n) is 9.39. The smallest absolute Gasteiger partial charge is 0.124 e. The van der Waals surface area contributed by atoms with E-state index >= 15 is 0 Å². The minimum atomic E-state index is 0.225. The highest BCUT2D eigenvalue weighted by Gasteiger charge is 1.98. The predicted octanol–water partition coefficient (Wildman–Crippen LogP) is 4.10. The third-order valence-electron chi connectivity index (χ3n) is 2.44.